The van der Waals surface area contributed by atoms with Crippen molar-refractivity contribution in [1.82, 2.24) is 20.3 Å². The van der Waals surface area contributed by atoms with Gasteiger partial charge in [-0.05, 0) is 61.5 Å². The Labute approximate surface area is 205 Å². The van der Waals surface area contributed by atoms with E-state index >= 15 is 0 Å². The first-order valence-corrected chi connectivity index (χ1v) is 11.3. The molecule has 1 amide bonds. The van der Waals surface area contributed by atoms with E-state index in [1.165, 1.54) is 18.2 Å². The number of nitrogens with one attached hydrogen (secondary N) is 1. The lowest BCUT2D eigenvalue weighted by Crippen LogP contribution is -2.27. The van der Waals surface area contributed by atoms with Gasteiger partial charge in [-0.2, -0.15) is 0 Å². The number of carbonyl (C=O) groups excluding carboxylic acids is 1. The zero-order chi connectivity index (χ0) is 25.1. The van der Waals surface area contributed by atoms with Crippen molar-refractivity contribution >= 4 is 11.6 Å². The van der Waals surface area contributed by atoms with Crippen LogP contribution in [0.2, 0.25) is 0 Å². The third-order valence-corrected chi connectivity index (χ3v) is 5.78. The lowest BCUT2D eigenvalue weighted by atomic mass is 9.96. The van der Waals surface area contributed by atoms with E-state index in [4.69, 9.17) is 4.84 Å². The van der Waals surface area contributed by atoms with E-state index in [0.717, 1.165) is 18.1 Å². The number of hydrogen-bond donors (Lipinski definition) is 1. The predicted octanol–water partition coefficient (Wildman–Crippen LogP) is 5.17. The summed E-state index contributed by atoms with van der Waals surface area (Å²) >= 11 is 0. The van der Waals surface area contributed by atoms with Gasteiger partial charge in [-0.25, -0.2) is 8.78 Å². The second-order valence-corrected chi connectivity index (χ2v) is 8.35. The molecule has 2 atom stereocenters. The number of pyridine rings is 3. The van der Waals surface area contributed by atoms with Gasteiger partial charge in [0.1, 0.15) is 11.6 Å². The lowest BCUT2D eigenvalue weighted by molar-refractivity contribution is 0.0826. The number of carbonyl (C=O) groups is 1. The van der Waals surface area contributed by atoms with Crippen molar-refractivity contribution in [3.63, 3.8) is 0 Å². The summed E-state index contributed by atoms with van der Waals surface area (Å²) in [6, 6.07) is 16.0. The molecule has 0 fully saturated rings. The predicted molar refractivity (Wildman–Crippen MR) is 129 cm³/mol. The Morgan fingerprint density at radius 1 is 0.972 bits per heavy atom. The molecule has 0 spiro atoms. The van der Waals surface area contributed by atoms with Crippen LogP contribution in [0.4, 0.5) is 8.78 Å². The highest BCUT2D eigenvalue weighted by molar-refractivity contribution is 6.05. The van der Waals surface area contributed by atoms with Gasteiger partial charge in [-0.1, -0.05) is 11.2 Å². The Morgan fingerprint density at radius 2 is 1.75 bits per heavy atom. The van der Waals surface area contributed by atoms with Gasteiger partial charge in [0.15, 0.2) is 6.10 Å². The van der Waals surface area contributed by atoms with Crippen LogP contribution in [0.25, 0.3) is 11.3 Å². The second-order valence-electron chi connectivity index (χ2n) is 8.35. The number of hydrogen-bond acceptors (Lipinski definition) is 6. The molecule has 36 heavy (non-hydrogen) atoms. The van der Waals surface area contributed by atoms with Crippen molar-refractivity contribution in [2.45, 2.75) is 25.5 Å². The topological polar surface area (TPSA) is 89.4 Å². The first-order chi connectivity index (χ1) is 17.5. The SMILES string of the molecule is C[C@@H](NC(=O)c1cc(C2=NO[C@H](c3ccccn3)C2)cc(-c2ccc(F)cn2)c1)c1ccc(F)cn1. The number of halogens is 2. The summed E-state index contributed by atoms with van der Waals surface area (Å²) in [5, 5.41) is 7.14. The molecule has 180 valence electrons. The maximum Gasteiger partial charge on any atom is 0.251 e. The standard InChI is InChI=1S/C27H21F2N5O2/c1-16(22-7-5-20(28)14-31-22)33-27(35)19-11-17(23-8-6-21(29)15-32-23)10-18(12-19)25-13-26(36-34-25)24-4-2-3-9-30-24/h2-12,14-16,26H,13H2,1H3,(H,33,35)/t16-,26+/m1/s1. The Balaban J connectivity index is 1.45. The fourth-order valence-corrected chi connectivity index (χ4v) is 3.89. The molecule has 4 aromatic rings. The van der Waals surface area contributed by atoms with Gasteiger partial charge in [-0.3, -0.25) is 19.7 Å². The van der Waals surface area contributed by atoms with Crippen LogP contribution in [0.3, 0.4) is 0 Å². The van der Waals surface area contributed by atoms with Gasteiger partial charge in [0.2, 0.25) is 0 Å². The fraction of sp³-hybridized carbons (Fsp3) is 0.148. The Bertz CT molecular complexity index is 1410. The van der Waals surface area contributed by atoms with Crippen LogP contribution in [-0.4, -0.2) is 26.6 Å². The van der Waals surface area contributed by atoms with E-state index in [9.17, 15) is 13.6 Å². The van der Waals surface area contributed by atoms with E-state index in [2.05, 4.69) is 25.4 Å². The van der Waals surface area contributed by atoms with Crippen molar-refractivity contribution in [1.29, 1.82) is 0 Å². The van der Waals surface area contributed by atoms with E-state index in [-0.39, 0.29) is 12.0 Å². The molecule has 0 radical (unpaired) electrons. The number of amides is 1. The minimum atomic E-state index is -0.463. The van der Waals surface area contributed by atoms with Crippen LogP contribution in [-0.2, 0) is 4.84 Å². The second kappa shape index (κ2) is 9.99. The Morgan fingerprint density at radius 3 is 2.44 bits per heavy atom. The Kier molecular flexibility index (Phi) is 6.44. The summed E-state index contributed by atoms with van der Waals surface area (Å²) in [6.45, 7) is 1.76. The van der Waals surface area contributed by atoms with Gasteiger partial charge in [0.25, 0.3) is 5.91 Å². The summed E-state index contributed by atoms with van der Waals surface area (Å²) in [5.74, 6) is -1.27. The number of nitrogens with zero attached hydrogens (tertiary/aromatic N) is 4. The molecular formula is C27H21F2N5O2. The lowest BCUT2D eigenvalue weighted by Gasteiger charge is -2.15. The van der Waals surface area contributed by atoms with Crippen LogP contribution in [0.1, 0.15) is 52.8 Å². The van der Waals surface area contributed by atoms with Crippen molar-refractivity contribution < 1.29 is 18.4 Å². The zero-order valence-electron chi connectivity index (χ0n) is 19.2. The molecule has 0 unspecified atom stereocenters. The molecule has 3 aromatic heterocycles. The van der Waals surface area contributed by atoms with Gasteiger partial charge >= 0.3 is 0 Å². The van der Waals surface area contributed by atoms with E-state index in [1.807, 2.05) is 24.3 Å². The highest BCUT2D eigenvalue weighted by Gasteiger charge is 2.26. The number of aromatic nitrogens is 3. The third-order valence-electron chi connectivity index (χ3n) is 5.78. The minimum absolute atomic E-state index is 0.337. The van der Waals surface area contributed by atoms with Crippen LogP contribution in [0.15, 0.2) is 84.4 Å². The van der Waals surface area contributed by atoms with Gasteiger partial charge < -0.3 is 10.2 Å². The molecule has 1 aliphatic heterocycles. The average molecular weight is 485 g/mol. The molecule has 0 saturated carbocycles. The van der Waals surface area contributed by atoms with E-state index < -0.39 is 17.7 Å². The van der Waals surface area contributed by atoms with Gasteiger partial charge in [-0.15, -0.1) is 0 Å². The number of rotatable bonds is 6. The highest BCUT2D eigenvalue weighted by Crippen LogP contribution is 2.30. The molecule has 0 aliphatic carbocycles. The summed E-state index contributed by atoms with van der Waals surface area (Å²) < 4.78 is 26.7. The molecule has 7 nitrogen and oxygen atoms in total. The van der Waals surface area contributed by atoms with E-state index in [1.54, 1.807) is 31.3 Å². The highest BCUT2D eigenvalue weighted by atomic mass is 19.1. The normalized spacial score (nSPS) is 15.6. The summed E-state index contributed by atoms with van der Waals surface area (Å²) in [6.07, 6.45) is 4.05. The summed E-state index contributed by atoms with van der Waals surface area (Å²) in [4.78, 5) is 31.4. The molecule has 1 aliphatic rings. The maximum atomic E-state index is 13.5. The molecule has 1 aromatic carbocycles. The van der Waals surface area contributed by atoms with Gasteiger partial charge in [0, 0.05) is 29.3 Å². The van der Waals surface area contributed by atoms with E-state index in [0.29, 0.717) is 40.2 Å². The molecule has 1 N–H and O–H groups in total. The van der Waals surface area contributed by atoms with Crippen LogP contribution < -0.4 is 5.32 Å². The number of benzene rings is 1. The molecular weight excluding hydrogens is 464 g/mol. The van der Waals surface area contributed by atoms with Gasteiger partial charge in [0.05, 0.1) is 41.2 Å². The van der Waals surface area contributed by atoms with Crippen molar-refractivity contribution in [3.05, 3.63) is 113 Å². The minimum Gasteiger partial charge on any atom is -0.385 e. The van der Waals surface area contributed by atoms with Crippen LogP contribution >= 0.6 is 0 Å². The maximum absolute atomic E-state index is 13.5. The molecule has 0 saturated heterocycles. The van der Waals surface area contributed by atoms with Crippen molar-refractivity contribution in [2.24, 2.45) is 5.16 Å². The molecule has 4 heterocycles. The molecule has 0 bridgehead atoms. The zero-order valence-corrected chi connectivity index (χ0v) is 19.2. The Hall–Kier alpha value is -4.53. The smallest absolute Gasteiger partial charge is 0.251 e. The van der Waals surface area contributed by atoms with Crippen LogP contribution in [0, 0.1) is 11.6 Å². The summed E-state index contributed by atoms with van der Waals surface area (Å²) in [5.41, 5.74) is 4.08. The average Bonchev–Trinajstić information content (AvgIpc) is 3.40. The van der Waals surface area contributed by atoms with Crippen LogP contribution in [0.5, 0.6) is 0 Å². The molecule has 5 rings (SSSR count). The largest absolute Gasteiger partial charge is 0.385 e. The monoisotopic (exact) mass is 485 g/mol. The van der Waals surface area contributed by atoms with Crippen molar-refractivity contribution in [2.75, 3.05) is 0 Å². The first kappa shape index (κ1) is 23.2. The quantitative estimate of drug-likeness (QED) is 0.407. The first-order valence-electron chi connectivity index (χ1n) is 11.3. The van der Waals surface area contributed by atoms with Crippen molar-refractivity contribution in [3.8, 4) is 11.3 Å². The third kappa shape index (κ3) is 5.10. The summed E-state index contributed by atoms with van der Waals surface area (Å²) in [7, 11) is 0. The fourth-order valence-electron chi connectivity index (χ4n) is 3.89. The number of oxime groups is 1. The molecule has 9 heteroatoms.